The van der Waals surface area contributed by atoms with Gasteiger partial charge in [-0.3, -0.25) is 9.36 Å². The van der Waals surface area contributed by atoms with Crippen molar-refractivity contribution < 1.29 is 13.2 Å². The second-order valence-electron chi connectivity index (χ2n) is 7.97. The Bertz CT molecular complexity index is 1370. The van der Waals surface area contributed by atoms with Gasteiger partial charge < -0.3 is 5.32 Å². The summed E-state index contributed by atoms with van der Waals surface area (Å²) in [4.78, 5) is 21.8. The number of rotatable bonds is 6. The molecule has 0 saturated carbocycles. The number of halogens is 3. The highest BCUT2D eigenvalue weighted by Crippen LogP contribution is 2.30. The van der Waals surface area contributed by atoms with Crippen molar-refractivity contribution in [3.63, 3.8) is 0 Å². The molecule has 4 aromatic rings. The van der Waals surface area contributed by atoms with Gasteiger partial charge in [-0.1, -0.05) is 48.5 Å². The second-order valence-corrected chi connectivity index (χ2v) is 7.97. The highest BCUT2D eigenvalue weighted by molar-refractivity contribution is 5.87. The lowest BCUT2D eigenvalue weighted by molar-refractivity contribution is 0.146. The third-order valence-electron chi connectivity index (χ3n) is 5.60. The number of aryl methyl sites for hydroxylation is 2. The minimum absolute atomic E-state index is 0.103. The first-order chi connectivity index (χ1) is 15.8. The predicted molar refractivity (Wildman–Crippen MR) is 122 cm³/mol. The van der Waals surface area contributed by atoms with Gasteiger partial charge in [-0.2, -0.15) is 0 Å². The molecule has 0 aliphatic carbocycles. The quantitative estimate of drug-likeness (QED) is 0.421. The fraction of sp³-hybridized carbons (Fsp3) is 0.240. The van der Waals surface area contributed by atoms with Crippen molar-refractivity contribution in [2.24, 2.45) is 7.05 Å². The van der Waals surface area contributed by atoms with Crippen molar-refractivity contribution in [3.05, 3.63) is 98.8 Å². The minimum atomic E-state index is -2.91. The van der Waals surface area contributed by atoms with Gasteiger partial charge in [0.15, 0.2) is 0 Å². The van der Waals surface area contributed by atoms with E-state index in [-0.39, 0.29) is 11.1 Å². The van der Waals surface area contributed by atoms with Gasteiger partial charge in [0.2, 0.25) is 0 Å². The van der Waals surface area contributed by atoms with Crippen LogP contribution in [0, 0.1) is 12.7 Å². The number of hydrogen-bond acceptors (Lipinski definition) is 4. The Morgan fingerprint density at radius 3 is 2.42 bits per heavy atom. The SMILES string of the molecule is Cc1nc(N[C@H](C)c2cccc(C(F)F)c2F)c2cc(Cc3ccccc3)c(=O)n(C)c2n1. The number of alkyl halides is 2. The normalized spacial score (nSPS) is 12.3. The summed E-state index contributed by atoms with van der Waals surface area (Å²) in [5.74, 6) is -0.124. The van der Waals surface area contributed by atoms with E-state index >= 15 is 0 Å². The summed E-state index contributed by atoms with van der Waals surface area (Å²) in [5, 5.41) is 3.72. The van der Waals surface area contributed by atoms with Crippen LogP contribution >= 0.6 is 0 Å². The van der Waals surface area contributed by atoms with Gasteiger partial charge >= 0.3 is 0 Å². The van der Waals surface area contributed by atoms with E-state index in [1.54, 1.807) is 27.0 Å². The lowest BCUT2D eigenvalue weighted by Gasteiger charge is -2.19. The summed E-state index contributed by atoms with van der Waals surface area (Å²) in [6.07, 6.45) is -2.48. The first-order valence-electron chi connectivity index (χ1n) is 10.5. The number of benzene rings is 2. The van der Waals surface area contributed by atoms with Crippen molar-refractivity contribution in [1.29, 1.82) is 0 Å². The molecule has 4 rings (SSSR count). The Morgan fingerprint density at radius 1 is 1.03 bits per heavy atom. The number of aromatic nitrogens is 3. The van der Waals surface area contributed by atoms with E-state index in [0.29, 0.717) is 34.7 Å². The summed E-state index contributed by atoms with van der Waals surface area (Å²) < 4.78 is 42.5. The summed E-state index contributed by atoms with van der Waals surface area (Å²) in [6.45, 7) is 3.36. The Labute approximate surface area is 188 Å². The largest absolute Gasteiger partial charge is 0.363 e. The fourth-order valence-corrected chi connectivity index (χ4v) is 3.91. The predicted octanol–water partition coefficient (Wildman–Crippen LogP) is 5.48. The first kappa shape index (κ1) is 22.5. The lowest BCUT2D eigenvalue weighted by Crippen LogP contribution is -2.23. The minimum Gasteiger partial charge on any atom is -0.363 e. The van der Waals surface area contributed by atoms with Gasteiger partial charge in [-0.25, -0.2) is 23.1 Å². The maximum absolute atomic E-state index is 14.7. The van der Waals surface area contributed by atoms with Crippen LogP contribution in [0.5, 0.6) is 0 Å². The number of pyridine rings is 1. The van der Waals surface area contributed by atoms with Gasteiger partial charge in [0.25, 0.3) is 12.0 Å². The zero-order valence-corrected chi connectivity index (χ0v) is 18.4. The summed E-state index contributed by atoms with van der Waals surface area (Å²) >= 11 is 0. The highest BCUT2D eigenvalue weighted by Gasteiger charge is 2.21. The molecule has 0 spiro atoms. The molecular weight excluding hydrogens is 429 g/mol. The summed E-state index contributed by atoms with van der Waals surface area (Å²) in [5.41, 5.74) is 1.27. The zero-order valence-electron chi connectivity index (χ0n) is 18.4. The van der Waals surface area contributed by atoms with Gasteiger partial charge in [-0.15, -0.1) is 0 Å². The van der Waals surface area contributed by atoms with Crippen LogP contribution in [0.15, 0.2) is 59.4 Å². The average Bonchev–Trinajstić information content (AvgIpc) is 2.78. The molecule has 8 heteroatoms. The monoisotopic (exact) mass is 452 g/mol. The third-order valence-corrected chi connectivity index (χ3v) is 5.60. The molecule has 2 heterocycles. The molecule has 2 aromatic heterocycles. The molecule has 0 amide bonds. The smallest absolute Gasteiger partial charge is 0.266 e. The maximum Gasteiger partial charge on any atom is 0.266 e. The molecular formula is C25H23F3N4O. The van der Waals surface area contributed by atoms with Gasteiger partial charge in [0, 0.05) is 24.6 Å². The number of nitrogens with one attached hydrogen (secondary N) is 1. The van der Waals surface area contributed by atoms with Crippen molar-refractivity contribution in [2.75, 3.05) is 5.32 Å². The lowest BCUT2D eigenvalue weighted by atomic mass is 10.0. The van der Waals surface area contributed by atoms with E-state index in [4.69, 9.17) is 0 Å². The topological polar surface area (TPSA) is 59.8 Å². The van der Waals surface area contributed by atoms with Crippen LogP contribution in [0.4, 0.5) is 19.0 Å². The van der Waals surface area contributed by atoms with Crippen LogP contribution in [0.2, 0.25) is 0 Å². The molecule has 5 nitrogen and oxygen atoms in total. The Morgan fingerprint density at radius 2 is 1.73 bits per heavy atom. The fourth-order valence-electron chi connectivity index (χ4n) is 3.91. The molecule has 2 aromatic carbocycles. The molecule has 1 atom stereocenters. The average molecular weight is 452 g/mol. The Hall–Kier alpha value is -3.68. The molecule has 1 N–H and O–H groups in total. The highest BCUT2D eigenvalue weighted by atomic mass is 19.3. The van der Waals surface area contributed by atoms with Crippen LogP contribution in [-0.4, -0.2) is 14.5 Å². The van der Waals surface area contributed by atoms with E-state index in [1.165, 1.54) is 16.7 Å². The number of anilines is 1. The molecule has 33 heavy (non-hydrogen) atoms. The van der Waals surface area contributed by atoms with Crippen molar-refractivity contribution in [3.8, 4) is 0 Å². The molecule has 0 unspecified atom stereocenters. The number of hydrogen-bond donors (Lipinski definition) is 1. The van der Waals surface area contributed by atoms with Crippen LogP contribution in [0.1, 0.15) is 47.5 Å². The zero-order chi connectivity index (χ0) is 23.7. The van der Waals surface area contributed by atoms with Gasteiger partial charge in [-0.05, 0) is 25.5 Å². The summed E-state index contributed by atoms with van der Waals surface area (Å²) in [6, 6.07) is 14.6. The van der Waals surface area contributed by atoms with Crippen LogP contribution in [0.25, 0.3) is 11.0 Å². The van der Waals surface area contributed by atoms with Gasteiger partial charge in [0.05, 0.1) is 17.0 Å². The Kier molecular flexibility index (Phi) is 6.18. The molecule has 0 aliphatic rings. The van der Waals surface area contributed by atoms with Crippen molar-refractivity contribution >= 4 is 16.9 Å². The van der Waals surface area contributed by atoms with Gasteiger partial charge in [0.1, 0.15) is 23.1 Å². The molecule has 0 aliphatic heterocycles. The molecule has 0 bridgehead atoms. The molecule has 170 valence electrons. The molecule has 0 saturated heterocycles. The van der Waals surface area contributed by atoms with Crippen LogP contribution < -0.4 is 10.9 Å². The maximum atomic E-state index is 14.7. The summed E-state index contributed by atoms with van der Waals surface area (Å²) in [7, 11) is 1.64. The van der Waals surface area contributed by atoms with Crippen LogP contribution in [-0.2, 0) is 13.5 Å². The van der Waals surface area contributed by atoms with E-state index < -0.39 is 23.8 Å². The van der Waals surface area contributed by atoms with Crippen molar-refractivity contribution in [2.45, 2.75) is 32.7 Å². The molecule has 0 radical (unpaired) electrons. The number of nitrogens with zero attached hydrogens (tertiary/aromatic N) is 3. The van der Waals surface area contributed by atoms with Crippen molar-refractivity contribution in [1.82, 2.24) is 14.5 Å². The second kappa shape index (κ2) is 9.05. The van der Waals surface area contributed by atoms with E-state index in [9.17, 15) is 18.0 Å². The Balaban J connectivity index is 1.79. The molecule has 0 fully saturated rings. The van der Waals surface area contributed by atoms with E-state index in [2.05, 4.69) is 15.3 Å². The van der Waals surface area contributed by atoms with E-state index in [0.717, 1.165) is 11.6 Å². The van der Waals surface area contributed by atoms with E-state index in [1.807, 2.05) is 30.3 Å². The third kappa shape index (κ3) is 4.46. The number of fused-ring (bicyclic) bond motifs is 1. The standard InChI is InChI=1S/C25H23F3N4O/c1-14(18-10-7-11-19(21(18)26)22(27)28)29-23-20-13-17(12-16-8-5-4-6-9-16)25(33)32(3)24(20)31-15(2)30-23/h4-11,13-14,22H,12H2,1-3H3,(H,29,30,31)/t14-/m1/s1. The first-order valence-corrected chi connectivity index (χ1v) is 10.5. The van der Waals surface area contributed by atoms with Crippen LogP contribution in [0.3, 0.4) is 0 Å².